The van der Waals surface area contributed by atoms with Gasteiger partial charge in [0.05, 0.1) is 23.3 Å². The van der Waals surface area contributed by atoms with E-state index in [1.807, 2.05) is 26.0 Å². The lowest BCUT2D eigenvalue weighted by Crippen LogP contribution is -2.15. The molecule has 0 unspecified atom stereocenters. The quantitative estimate of drug-likeness (QED) is 0.440. The van der Waals surface area contributed by atoms with Gasteiger partial charge in [0.1, 0.15) is 5.58 Å². The number of nitrogens with one attached hydrogen (secondary N) is 2. The number of hydrogen-bond donors (Lipinski definition) is 2. The van der Waals surface area contributed by atoms with Gasteiger partial charge in [-0.1, -0.05) is 11.2 Å². The van der Waals surface area contributed by atoms with E-state index in [2.05, 4.69) is 15.2 Å². The molecule has 32 heavy (non-hydrogen) atoms. The van der Waals surface area contributed by atoms with Crippen LogP contribution in [0.5, 0.6) is 0 Å². The first-order chi connectivity index (χ1) is 15.1. The number of rotatable bonds is 6. The first-order valence-corrected chi connectivity index (χ1v) is 11.5. The Morgan fingerprint density at radius 1 is 1.06 bits per heavy atom. The highest BCUT2D eigenvalue weighted by Gasteiger charge is 2.19. The lowest BCUT2D eigenvalue weighted by atomic mass is 10.0. The summed E-state index contributed by atoms with van der Waals surface area (Å²) in [6.45, 7) is 7.42. The van der Waals surface area contributed by atoms with Crippen molar-refractivity contribution < 1.29 is 22.2 Å². The van der Waals surface area contributed by atoms with Crippen molar-refractivity contribution >= 4 is 38.5 Å². The van der Waals surface area contributed by atoms with E-state index in [0.717, 1.165) is 27.7 Å². The van der Waals surface area contributed by atoms with Crippen LogP contribution in [0.15, 0.2) is 56.5 Å². The Balaban J connectivity index is 1.46. The predicted molar refractivity (Wildman–Crippen MR) is 121 cm³/mol. The molecule has 0 fully saturated rings. The molecule has 0 aliphatic heterocycles. The van der Waals surface area contributed by atoms with Gasteiger partial charge < -0.3 is 14.3 Å². The van der Waals surface area contributed by atoms with E-state index >= 15 is 0 Å². The van der Waals surface area contributed by atoms with Crippen LogP contribution in [0.4, 0.5) is 11.6 Å². The number of carbonyl (C=O) groups excluding carboxylic acids is 1. The molecule has 2 heterocycles. The molecule has 4 rings (SSSR count). The van der Waals surface area contributed by atoms with Gasteiger partial charge in [-0.2, -0.15) is 0 Å². The molecule has 0 bridgehead atoms. The summed E-state index contributed by atoms with van der Waals surface area (Å²) in [5.41, 5.74) is 5.42. The Hall–Kier alpha value is -3.59. The minimum atomic E-state index is -3.85. The first-order valence-electron chi connectivity index (χ1n) is 9.97. The lowest BCUT2D eigenvalue weighted by Gasteiger charge is -2.08. The van der Waals surface area contributed by atoms with Crippen molar-refractivity contribution in [3.05, 3.63) is 70.6 Å². The molecule has 2 aromatic carbocycles. The number of carbonyl (C=O) groups is 1. The number of aryl methyl sites for hydroxylation is 3. The average Bonchev–Trinajstić information content (AvgIpc) is 3.26. The average molecular weight is 454 g/mol. The summed E-state index contributed by atoms with van der Waals surface area (Å²) in [5.74, 6) is -0.146. The fourth-order valence-corrected chi connectivity index (χ4v) is 4.59. The monoisotopic (exact) mass is 453 g/mol. The number of amides is 1. The second kappa shape index (κ2) is 8.16. The summed E-state index contributed by atoms with van der Waals surface area (Å²) in [7, 11) is -3.85. The summed E-state index contributed by atoms with van der Waals surface area (Å²) < 4.78 is 38.2. The predicted octanol–water partition coefficient (Wildman–Crippen LogP) is 4.64. The smallest absolute Gasteiger partial charge is 0.264 e. The fourth-order valence-electron chi connectivity index (χ4n) is 3.54. The van der Waals surface area contributed by atoms with Crippen molar-refractivity contribution in [2.45, 2.75) is 39.0 Å². The molecular formula is C23H23N3O5S. The third-order valence-electron chi connectivity index (χ3n) is 5.28. The maximum Gasteiger partial charge on any atom is 0.264 e. The summed E-state index contributed by atoms with van der Waals surface area (Å²) in [5, 5.41) is 7.48. The zero-order chi connectivity index (χ0) is 23.0. The normalized spacial score (nSPS) is 11.6. The van der Waals surface area contributed by atoms with Crippen LogP contribution < -0.4 is 10.0 Å². The van der Waals surface area contributed by atoms with E-state index in [1.54, 1.807) is 20.1 Å². The topological polar surface area (TPSA) is 114 Å². The minimum absolute atomic E-state index is 0.0378. The molecule has 2 N–H and O–H groups in total. The van der Waals surface area contributed by atoms with Crippen LogP contribution in [0, 0.1) is 27.7 Å². The Bertz CT molecular complexity index is 1420. The van der Waals surface area contributed by atoms with Crippen molar-refractivity contribution in [3.8, 4) is 0 Å². The molecule has 0 saturated carbocycles. The molecule has 0 radical (unpaired) electrons. The standard InChI is InChI=1S/C23H23N3O5S/c1-13-9-14(2)22-17(12-30-20(22)10-13)11-21(27)24-18-5-7-19(8-6-18)32(28,29)26-23-15(3)16(4)25-31-23/h5-10,12,26H,11H2,1-4H3,(H,24,27). The lowest BCUT2D eigenvalue weighted by molar-refractivity contribution is -0.115. The largest absolute Gasteiger partial charge is 0.464 e. The van der Waals surface area contributed by atoms with Crippen LogP contribution in [0.2, 0.25) is 0 Å². The first kappa shape index (κ1) is 21.6. The van der Waals surface area contributed by atoms with Crippen LogP contribution in [0.25, 0.3) is 11.0 Å². The van der Waals surface area contributed by atoms with Gasteiger partial charge in [-0.25, -0.2) is 13.1 Å². The van der Waals surface area contributed by atoms with Crippen molar-refractivity contribution in [1.82, 2.24) is 5.16 Å². The number of anilines is 2. The van der Waals surface area contributed by atoms with Crippen molar-refractivity contribution in [1.29, 1.82) is 0 Å². The molecule has 4 aromatic rings. The van der Waals surface area contributed by atoms with Crippen molar-refractivity contribution in [3.63, 3.8) is 0 Å². The number of aromatic nitrogens is 1. The number of hydrogen-bond acceptors (Lipinski definition) is 6. The highest BCUT2D eigenvalue weighted by atomic mass is 32.2. The van der Waals surface area contributed by atoms with Crippen LogP contribution in [-0.2, 0) is 21.2 Å². The van der Waals surface area contributed by atoms with Gasteiger partial charge in [-0.15, -0.1) is 0 Å². The summed E-state index contributed by atoms with van der Waals surface area (Å²) in [4.78, 5) is 12.6. The van der Waals surface area contributed by atoms with Crippen LogP contribution in [0.1, 0.15) is 27.9 Å². The molecule has 2 aromatic heterocycles. The molecule has 9 heteroatoms. The number of fused-ring (bicyclic) bond motifs is 1. The highest BCUT2D eigenvalue weighted by Crippen LogP contribution is 2.27. The van der Waals surface area contributed by atoms with Crippen LogP contribution in [-0.4, -0.2) is 19.5 Å². The van der Waals surface area contributed by atoms with E-state index < -0.39 is 10.0 Å². The molecular weight excluding hydrogens is 430 g/mol. The van der Waals surface area contributed by atoms with Crippen LogP contribution in [0.3, 0.4) is 0 Å². The van der Waals surface area contributed by atoms with Gasteiger partial charge in [0.15, 0.2) is 0 Å². The summed E-state index contributed by atoms with van der Waals surface area (Å²) in [6, 6.07) is 9.89. The maximum absolute atomic E-state index is 12.6. The Morgan fingerprint density at radius 3 is 2.44 bits per heavy atom. The third-order valence-corrected chi connectivity index (χ3v) is 6.62. The van der Waals surface area contributed by atoms with Gasteiger partial charge in [0.2, 0.25) is 11.8 Å². The highest BCUT2D eigenvalue weighted by molar-refractivity contribution is 7.92. The van der Waals surface area contributed by atoms with Gasteiger partial charge in [-0.05, 0) is 69.2 Å². The van der Waals surface area contributed by atoms with Crippen LogP contribution >= 0.6 is 0 Å². The van der Waals surface area contributed by atoms with Gasteiger partial charge >= 0.3 is 0 Å². The van der Waals surface area contributed by atoms with Crippen molar-refractivity contribution in [2.24, 2.45) is 0 Å². The summed E-state index contributed by atoms with van der Waals surface area (Å²) in [6.07, 6.45) is 1.74. The van der Waals surface area contributed by atoms with E-state index in [1.165, 1.54) is 24.3 Å². The second-order valence-electron chi connectivity index (χ2n) is 7.79. The molecule has 166 valence electrons. The zero-order valence-corrected chi connectivity index (χ0v) is 19.0. The number of furan rings is 1. The van der Waals surface area contributed by atoms with Gasteiger partial charge in [0.25, 0.3) is 10.0 Å². The number of sulfonamides is 1. The second-order valence-corrected chi connectivity index (χ2v) is 9.48. The Morgan fingerprint density at radius 2 is 1.78 bits per heavy atom. The Kier molecular flexibility index (Phi) is 5.52. The van der Waals surface area contributed by atoms with E-state index in [-0.39, 0.29) is 23.1 Å². The van der Waals surface area contributed by atoms with E-state index in [9.17, 15) is 13.2 Å². The molecule has 0 saturated heterocycles. The van der Waals surface area contributed by atoms with Crippen molar-refractivity contribution in [2.75, 3.05) is 10.0 Å². The van der Waals surface area contributed by atoms with E-state index in [0.29, 0.717) is 16.9 Å². The molecule has 0 atom stereocenters. The SMILES string of the molecule is Cc1cc(C)c2c(CC(=O)Nc3ccc(S(=O)(=O)Nc4onc(C)c4C)cc3)coc2c1. The number of benzene rings is 2. The van der Waals surface area contributed by atoms with E-state index in [4.69, 9.17) is 8.94 Å². The summed E-state index contributed by atoms with van der Waals surface area (Å²) >= 11 is 0. The molecule has 1 amide bonds. The maximum atomic E-state index is 12.6. The molecule has 0 aliphatic carbocycles. The molecule has 8 nitrogen and oxygen atoms in total. The van der Waals surface area contributed by atoms with Gasteiger partial charge in [0, 0.05) is 22.2 Å². The zero-order valence-electron chi connectivity index (χ0n) is 18.1. The minimum Gasteiger partial charge on any atom is -0.464 e. The Labute approximate surface area is 185 Å². The molecule has 0 aliphatic rings. The third kappa shape index (κ3) is 4.24. The van der Waals surface area contributed by atoms with Gasteiger partial charge in [-0.3, -0.25) is 4.79 Å². The number of nitrogens with zero attached hydrogens (tertiary/aromatic N) is 1. The fraction of sp³-hybridized carbons (Fsp3) is 0.217. The molecule has 0 spiro atoms.